The molecule has 7 N–H and O–H groups in total. The van der Waals surface area contributed by atoms with Crippen LogP contribution in [0, 0.1) is 23.5 Å². The van der Waals surface area contributed by atoms with Gasteiger partial charge in [0.2, 0.25) is 5.78 Å². The molecule has 0 unspecified atom stereocenters. The summed E-state index contributed by atoms with van der Waals surface area (Å²) in [4.78, 5) is 45.8. The number of H-pyrrole nitrogens is 1. The molecule has 0 radical (unpaired) electrons. The Morgan fingerprint density at radius 1 is 1.21 bits per heavy atom. The maximum absolute atomic E-state index is 14.1. The van der Waals surface area contributed by atoms with E-state index in [1.54, 1.807) is 24.9 Å². The number of anilines is 1. The van der Waals surface area contributed by atoms with Crippen molar-refractivity contribution in [3.8, 4) is 5.75 Å². The number of aromatic amines is 1. The predicted molar refractivity (Wildman–Crippen MR) is 159 cm³/mol. The van der Waals surface area contributed by atoms with Crippen LogP contribution in [-0.2, 0) is 27.3 Å². The van der Waals surface area contributed by atoms with E-state index in [1.165, 1.54) is 4.90 Å². The molecule has 2 aromatic rings. The van der Waals surface area contributed by atoms with Gasteiger partial charge in [-0.15, -0.1) is 0 Å². The van der Waals surface area contributed by atoms with E-state index in [-0.39, 0.29) is 43.7 Å². The Labute approximate surface area is 248 Å². The van der Waals surface area contributed by atoms with Crippen LogP contribution in [0.25, 0.3) is 5.76 Å². The van der Waals surface area contributed by atoms with Crippen LogP contribution in [0.15, 0.2) is 29.2 Å². The number of nitrogens with zero attached hydrogens (tertiary/aromatic N) is 3. The van der Waals surface area contributed by atoms with Crippen molar-refractivity contribution in [2.24, 2.45) is 17.6 Å². The fourth-order valence-electron chi connectivity index (χ4n) is 6.71. The number of hydrogen-bond donors (Lipinski definition) is 6. The number of aryl methyl sites for hydroxylation is 1. The van der Waals surface area contributed by atoms with Crippen LogP contribution >= 0.6 is 12.2 Å². The number of imidazole rings is 1. The number of amides is 1. The molecule has 1 aromatic carbocycles. The molecule has 1 heterocycles. The van der Waals surface area contributed by atoms with E-state index in [9.17, 15) is 34.8 Å². The van der Waals surface area contributed by atoms with Crippen LogP contribution in [0.3, 0.4) is 0 Å². The maximum Gasteiger partial charge on any atom is 0.255 e. The standard InChI is InChI=1S/C28H33N5O7S.CH4/c1-11-9-30-27(41)33(11)10-13-8-16(31(2)3)14-6-12-7-15-20(32(4)5)23(36)19(26(29)39)25(38)28(15,40)24(37)17(12)22(35)18(14)21(13)34;/h8-9,12,15,20,34-35,38,40H,6-7,10H2,1-5H3,(H2,29,39)(H,30,41);1H4/t12-,15-,20-,28-;/m0./s1. The summed E-state index contributed by atoms with van der Waals surface area (Å²) in [5, 5.41) is 45.9. The van der Waals surface area contributed by atoms with Gasteiger partial charge in [0.1, 0.15) is 22.8 Å². The van der Waals surface area contributed by atoms with Crippen molar-refractivity contribution >= 4 is 41.1 Å². The highest BCUT2D eigenvalue weighted by atomic mass is 32.1. The molecule has 3 aliphatic carbocycles. The number of aromatic nitrogens is 2. The number of carbonyl (C=O) groups is 3. The topological polar surface area (TPSA) is 185 Å². The van der Waals surface area contributed by atoms with Gasteiger partial charge in [-0.05, 0) is 63.6 Å². The highest BCUT2D eigenvalue weighted by Crippen LogP contribution is 2.54. The summed E-state index contributed by atoms with van der Waals surface area (Å²) in [6.45, 7) is 2.03. The molecule has 1 amide bonds. The minimum absolute atomic E-state index is 0. The van der Waals surface area contributed by atoms with Gasteiger partial charge in [0.15, 0.2) is 16.2 Å². The molecule has 42 heavy (non-hydrogen) atoms. The van der Waals surface area contributed by atoms with Crippen LogP contribution in [0.5, 0.6) is 5.75 Å². The summed E-state index contributed by atoms with van der Waals surface area (Å²) >= 11 is 5.37. The van der Waals surface area contributed by atoms with Crippen molar-refractivity contribution < 1.29 is 34.8 Å². The number of Topliss-reactive ketones (excluding diaryl/α,β-unsaturated/α-hetero) is 2. The highest BCUT2D eigenvalue weighted by molar-refractivity contribution is 7.71. The van der Waals surface area contributed by atoms with Crippen molar-refractivity contribution in [2.45, 2.75) is 45.4 Å². The highest BCUT2D eigenvalue weighted by Gasteiger charge is 2.64. The molecule has 12 nitrogen and oxygen atoms in total. The first kappa shape index (κ1) is 31.0. The zero-order chi connectivity index (χ0) is 30.3. The third-order valence-corrected chi connectivity index (χ3v) is 9.00. The lowest BCUT2D eigenvalue weighted by Crippen LogP contribution is -2.65. The minimum atomic E-state index is -2.68. The van der Waals surface area contributed by atoms with Crippen LogP contribution in [0.4, 0.5) is 5.69 Å². The number of hydrogen-bond acceptors (Lipinski definition) is 10. The fraction of sp³-hybridized carbons (Fsp3) is 0.448. The van der Waals surface area contributed by atoms with Gasteiger partial charge in [0, 0.05) is 48.7 Å². The number of likely N-dealkylation sites (N-methyl/N-ethyl adjacent to an activating group) is 1. The largest absolute Gasteiger partial charge is 0.508 e. The number of phenolic OH excluding ortho intramolecular Hbond substituents is 1. The monoisotopic (exact) mass is 599 g/mol. The van der Waals surface area contributed by atoms with Gasteiger partial charge in [0.05, 0.1) is 18.2 Å². The molecule has 5 rings (SSSR count). The Balaban J connectivity index is 0.00000405. The van der Waals surface area contributed by atoms with Crippen LogP contribution in [0.1, 0.15) is 36.2 Å². The fourth-order valence-corrected chi connectivity index (χ4v) is 6.98. The van der Waals surface area contributed by atoms with Crippen LogP contribution < -0.4 is 10.6 Å². The molecule has 1 fully saturated rings. The smallest absolute Gasteiger partial charge is 0.255 e. The molecule has 0 aliphatic heterocycles. The molecule has 0 saturated heterocycles. The quantitative estimate of drug-likeness (QED) is 0.219. The third-order valence-electron chi connectivity index (χ3n) is 8.66. The van der Waals surface area contributed by atoms with Gasteiger partial charge in [-0.3, -0.25) is 19.3 Å². The number of primary amides is 1. The van der Waals surface area contributed by atoms with Gasteiger partial charge < -0.3 is 40.6 Å². The number of aromatic hydroxyl groups is 1. The van der Waals surface area contributed by atoms with Crippen molar-refractivity contribution in [1.82, 2.24) is 14.5 Å². The predicted octanol–water partition coefficient (Wildman–Crippen LogP) is 1.88. The van der Waals surface area contributed by atoms with E-state index in [1.807, 2.05) is 32.0 Å². The summed E-state index contributed by atoms with van der Waals surface area (Å²) in [6, 6.07) is 0.674. The van der Waals surface area contributed by atoms with Gasteiger partial charge in [-0.2, -0.15) is 0 Å². The number of fused-ring (bicyclic) bond motifs is 3. The molecule has 4 atom stereocenters. The Hall–Kier alpha value is -3.94. The van der Waals surface area contributed by atoms with E-state index in [2.05, 4.69) is 4.98 Å². The van der Waals surface area contributed by atoms with Gasteiger partial charge in [-0.1, -0.05) is 7.43 Å². The molecule has 1 aromatic heterocycles. The van der Waals surface area contributed by atoms with Crippen molar-refractivity contribution in [2.75, 3.05) is 33.1 Å². The minimum Gasteiger partial charge on any atom is -0.508 e. The normalized spacial score (nSPS) is 25.2. The van der Waals surface area contributed by atoms with Gasteiger partial charge >= 0.3 is 0 Å². The Morgan fingerprint density at radius 2 is 1.86 bits per heavy atom. The first-order valence-electron chi connectivity index (χ1n) is 13.1. The number of ketones is 2. The zero-order valence-corrected chi connectivity index (χ0v) is 24.2. The summed E-state index contributed by atoms with van der Waals surface area (Å²) in [5.41, 5.74) is 4.27. The second-order valence-corrected chi connectivity index (χ2v) is 11.8. The SMILES string of the molecule is C.Cc1c[nH]c(=S)n1Cc1cc(N(C)C)c2c(c1O)C(O)=C1C(=O)[C@]3(O)C(O)=C(C(N)=O)C(=O)[C@@H](N(C)C)[C@@H]3C[C@@H]1C2. The lowest BCUT2D eigenvalue weighted by molar-refractivity contribution is -0.153. The number of benzene rings is 1. The van der Waals surface area contributed by atoms with Crippen molar-refractivity contribution in [1.29, 1.82) is 0 Å². The molecular formula is C29H37N5O7S. The Bertz CT molecular complexity index is 1650. The first-order valence-corrected chi connectivity index (χ1v) is 13.5. The number of nitrogens with one attached hydrogen (secondary N) is 1. The number of nitrogens with two attached hydrogens (primary N) is 1. The van der Waals surface area contributed by atoms with E-state index in [0.717, 1.165) is 5.69 Å². The Morgan fingerprint density at radius 3 is 2.38 bits per heavy atom. The van der Waals surface area contributed by atoms with Crippen molar-refractivity contribution in [3.63, 3.8) is 0 Å². The molecule has 13 heteroatoms. The van der Waals surface area contributed by atoms with E-state index >= 15 is 0 Å². The second-order valence-electron chi connectivity index (χ2n) is 11.4. The summed E-state index contributed by atoms with van der Waals surface area (Å²) < 4.78 is 2.22. The van der Waals surface area contributed by atoms with Gasteiger partial charge in [0.25, 0.3) is 5.91 Å². The zero-order valence-electron chi connectivity index (χ0n) is 23.3. The summed E-state index contributed by atoms with van der Waals surface area (Å²) in [7, 11) is 6.77. The molecule has 0 bridgehead atoms. The second kappa shape index (κ2) is 10.4. The lowest BCUT2D eigenvalue weighted by atomic mass is 9.57. The van der Waals surface area contributed by atoms with E-state index < -0.39 is 58.0 Å². The van der Waals surface area contributed by atoms with Gasteiger partial charge in [-0.25, -0.2) is 0 Å². The molecule has 1 saturated carbocycles. The number of rotatable bonds is 5. The maximum atomic E-state index is 14.1. The third kappa shape index (κ3) is 4.17. The molecule has 3 aliphatic rings. The molecule has 0 spiro atoms. The summed E-state index contributed by atoms with van der Waals surface area (Å²) in [5.74, 6) is -6.78. The van der Waals surface area contributed by atoms with E-state index in [4.69, 9.17) is 18.0 Å². The molecular weight excluding hydrogens is 562 g/mol. The Kier molecular flexibility index (Phi) is 7.68. The average molecular weight is 600 g/mol. The number of carbonyl (C=O) groups excluding carboxylic acids is 3. The van der Waals surface area contributed by atoms with E-state index in [0.29, 0.717) is 21.6 Å². The summed E-state index contributed by atoms with van der Waals surface area (Å²) in [6.07, 6.45) is 1.97. The first-order chi connectivity index (χ1) is 19.1. The number of phenols is 1. The van der Waals surface area contributed by atoms with Crippen LogP contribution in [-0.4, -0.2) is 92.2 Å². The number of aliphatic hydroxyl groups excluding tert-OH is 2. The number of aliphatic hydroxyl groups is 3. The van der Waals surface area contributed by atoms with Crippen molar-refractivity contribution in [3.05, 3.63) is 56.3 Å². The lowest BCUT2D eigenvalue weighted by Gasteiger charge is -2.50. The average Bonchev–Trinajstić information content (AvgIpc) is 3.19. The van der Waals surface area contributed by atoms with Crippen LogP contribution in [0.2, 0.25) is 0 Å². The molecule has 226 valence electrons.